The van der Waals surface area contributed by atoms with Gasteiger partial charge in [-0.3, -0.25) is 4.79 Å². The molecule has 3 aromatic rings. The number of nitrogens with zero attached hydrogens (tertiary/aromatic N) is 1. The average molecular weight is 388 g/mol. The summed E-state index contributed by atoms with van der Waals surface area (Å²) < 4.78 is 1.91. The Labute approximate surface area is 160 Å². The Morgan fingerprint density at radius 2 is 1.96 bits per heavy atom. The predicted octanol–water partition coefficient (Wildman–Crippen LogP) is 5.30. The van der Waals surface area contributed by atoms with E-state index in [2.05, 4.69) is 0 Å². The van der Waals surface area contributed by atoms with Gasteiger partial charge < -0.3 is 9.67 Å². The van der Waals surface area contributed by atoms with Crippen LogP contribution >= 0.6 is 23.2 Å². The zero-order chi connectivity index (χ0) is 18.8. The van der Waals surface area contributed by atoms with Gasteiger partial charge in [-0.1, -0.05) is 47.5 Å². The summed E-state index contributed by atoms with van der Waals surface area (Å²) in [4.78, 5) is 22.9. The van der Waals surface area contributed by atoms with Crippen LogP contribution in [0.4, 0.5) is 0 Å². The second-order valence-electron chi connectivity index (χ2n) is 5.88. The number of rotatable bonds is 5. The Morgan fingerprint density at radius 1 is 1.19 bits per heavy atom. The van der Waals surface area contributed by atoms with Gasteiger partial charge in [-0.25, -0.2) is 4.79 Å². The summed E-state index contributed by atoms with van der Waals surface area (Å²) in [6.45, 7) is 1.94. The number of halogens is 2. The van der Waals surface area contributed by atoms with E-state index < -0.39 is 5.97 Å². The molecule has 0 atom stereocenters. The van der Waals surface area contributed by atoms with Crippen LogP contribution in [0, 0.1) is 0 Å². The number of benzene rings is 2. The molecule has 0 aliphatic heterocycles. The largest absolute Gasteiger partial charge is 0.478 e. The molecule has 6 heteroatoms. The molecule has 0 fully saturated rings. The highest BCUT2D eigenvalue weighted by Gasteiger charge is 2.15. The average Bonchev–Trinajstić information content (AvgIpc) is 2.95. The van der Waals surface area contributed by atoms with E-state index >= 15 is 0 Å². The maximum absolute atomic E-state index is 12.0. The fourth-order valence-corrected chi connectivity index (χ4v) is 3.39. The zero-order valence-electron chi connectivity index (χ0n) is 13.9. The van der Waals surface area contributed by atoms with Crippen molar-refractivity contribution in [2.75, 3.05) is 0 Å². The van der Waals surface area contributed by atoms with E-state index in [-0.39, 0.29) is 5.78 Å². The lowest BCUT2D eigenvalue weighted by atomic mass is 10.1. The highest BCUT2D eigenvalue weighted by Crippen LogP contribution is 2.29. The van der Waals surface area contributed by atoms with E-state index in [1.54, 1.807) is 24.4 Å². The van der Waals surface area contributed by atoms with Gasteiger partial charge in [0.2, 0.25) is 0 Å². The van der Waals surface area contributed by atoms with Gasteiger partial charge in [-0.05, 0) is 36.3 Å². The standard InChI is InChI=1S/C20H15Cl2NO3/c1-12(24)17-11-23(10-14-5-7-15(21)9-18(14)22)20-13(6-8-19(25)26)3-2-4-16(17)20/h2-9,11H,10H2,1H3,(H,25,26). The molecule has 132 valence electrons. The molecule has 0 aliphatic rings. The minimum Gasteiger partial charge on any atom is -0.478 e. The number of aliphatic carboxylic acids is 1. The molecule has 0 spiro atoms. The molecule has 1 aromatic heterocycles. The second-order valence-corrected chi connectivity index (χ2v) is 6.72. The number of Topliss-reactive ketones (excluding diaryl/α,β-unsaturated/α-hetero) is 1. The zero-order valence-corrected chi connectivity index (χ0v) is 15.4. The van der Waals surface area contributed by atoms with Crippen molar-refractivity contribution >= 4 is 51.9 Å². The molecule has 26 heavy (non-hydrogen) atoms. The normalized spacial score (nSPS) is 11.3. The first-order chi connectivity index (χ1) is 12.4. The summed E-state index contributed by atoms with van der Waals surface area (Å²) in [5.74, 6) is -1.09. The summed E-state index contributed by atoms with van der Waals surface area (Å²) in [6, 6.07) is 10.7. The smallest absolute Gasteiger partial charge is 0.328 e. The van der Waals surface area contributed by atoms with Gasteiger partial charge in [-0.2, -0.15) is 0 Å². The summed E-state index contributed by atoms with van der Waals surface area (Å²) in [5, 5.41) is 10.8. The quantitative estimate of drug-likeness (QED) is 0.477. The number of para-hydroxylation sites is 1. The number of carboxylic acids is 1. The third-order valence-corrected chi connectivity index (χ3v) is 4.66. The van der Waals surface area contributed by atoms with Gasteiger partial charge in [0.05, 0.1) is 5.52 Å². The van der Waals surface area contributed by atoms with E-state index in [9.17, 15) is 9.59 Å². The number of carboxylic acid groups (broad SMARTS) is 1. The number of aromatic nitrogens is 1. The van der Waals surface area contributed by atoms with E-state index in [0.29, 0.717) is 27.7 Å². The Bertz CT molecular complexity index is 1050. The number of hydrogen-bond acceptors (Lipinski definition) is 2. The van der Waals surface area contributed by atoms with E-state index in [0.717, 1.165) is 22.5 Å². The molecule has 1 N–H and O–H groups in total. The molecule has 0 amide bonds. The number of hydrogen-bond donors (Lipinski definition) is 1. The van der Waals surface area contributed by atoms with Gasteiger partial charge in [0.25, 0.3) is 0 Å². The minimum atomic E-state index is -1.03. The third kappa shape index (κ3) is 3.66. The van der Waals surface area contributed by atoms with Crippen molar-refractivity contribution in [3.8, 4) is 0 Å². The van der Waals surface area contributed by atoms with Crippen LogP contribution in [-0.4, -0.2) is 21.4 Å². The van der Waals surface area contributed by atoms with Crippen LogP contribution in [0.5, 0.6) is 0 Å². The monoisotopic (exact) mass is 387 g/mol. The molecule has 0 saturated carbocycles. The molecule has 1 heterocycles. The van der Waals surface area contributed by atoms with Gasteiger partial charge in [0, 0.05) is 39.8 Å². The topological polar surface area (TPSA) is 59.3 Å². The van der Waals surface area contributed by atoms with Crippen molar-refractivity contribution in [3.05, 3.63) is 75.4 Å². The number of fused-ring (bicyclic) bond motifs is 1. The van der Waals surface area contributed by atoms with E-state index in [1.807, 2.05) is 22.8 Å². The first kappa shape index (κ1) is 18.2. The molecule has 0 radical (unpaired) electrons. The molecular formula is C20H15Cl2NO3. The fourth-order valence-electron chi connectivity index (χ4n) is 2.92. The molecule has 2 aromatic carbocycles. The van der Waals surface area contributed by atoms with Crippen LogP contribution in [0.3, 0.4) is 0 Å². The summed E-state index contributed by atoms with van der Waals surface area (Å²) >= 11 is 12.2. The molecular weight excluding hydrogens is 373 g/mol. The molecule has 0 bridgehead atoms. The summed E-state index contributed by atoms with van der Waals surface area (Å²) in [5.41, 5.74) is 2.92. The fraction of sp³-hybridized carbons (Fsp3) is 0.100. The van der Waals surface area contributed by atoms with Crippen LogP contribution in [0.1, 0.15) is 28.4 Å². The summed E-state index contributed by atoms with van der Waals surface area (Å²) in [6.07, 6.45) is 4.37. The van der Waals surface area contributed by atoms with Crippen LogP contribution in [0.2, 0.25) is 10.0 Å². The van der Waals surface area contributed by atoms with Crippen molar-refractivity contribution in [1.29, 1.82) is 0 Å². The number of carbonyl (C=O) groups excluding carboxylic acids is 1. The number of carbonyl (C=O) groups is 2. The Morgan fingerprint density at radius 3 is 2.62 bits per heavy atom. The van der Waals surface area contributed by atoms with Crippen LogP contribution in [0.15, 0.2) is 48.7 Å². The first-order valence-electron chi connectivity index (χ1n) is 7.84. The van der Waals surface area contributed by atoms with Crippen molar-refractivity contribution in [2.45, 2.75) is 13.5 Å². The lowest BCUT2D eigenvalue weighted by molar-refractivity contribution is -0.131. The van der Waals surface area contributed by atoms with E-state index in [1.165, 1.54) is 13.0 Å². The summed E-state index contributed by atoms with van der Waals surface area (Å²) in [7, 11) is 0. The van der Waals surface area contributed by atoms with Crippen LogP contribution < -0.4 is 0 Å². The molecule has 0 saturated heterocycles. The lowest BCUT2D eigenvalue weighted by Crippen LogP contribution is -2.00. The van der Waals surface area contributed by atoms with Crippen LogP contribution in [-0.2, 0) is 11.3 Å². The van der Waals surface area contributed by atoms with Gasteiger partial charge >= 0.3 is 5.97 Å². The maximum Gasteiger partial charge on any atom is 0.328 e. The Kier molecular flexibility index (Phi) is 5.16. The van der Waals surface area contributed by atoms with Crippen molar-refractivity contribution < 1.29 is 14.7 Å². The first-order valence-corrected chi connectivity index (χ1v) is 8.60. The third-order valence-electron chi connectivity index (χ3n) is 4.07. The van der Waals surface area contributed by atoms with Crippen molar-refractivity contribution in [2.24, 2.45) is 0 Å². The molecule has 4 nitrogen and oxygen atoms in total. The van der Waals surface area contributed by atoms with E-state index in [4.69, 9.17) is 28.3 Å². The minimum absolute atomic E-state index is 0.0599. The Balaban J connectivity index is 2.20. The Hall–Kier alpha value is -2.56. The SMILES string of the molecule is CC(=O)c1cn(Cc2ccc(Cl)cc2Cl)c2c(C=CC(=O)O)cccc12. The van der Waals surface area contributed by atoms with Crippen LogP contribution in [0.25, 0.3) is 17.0 Å². The molecule has 3 rings (SSSR count). The highest BCUT2D eigenvalue weighted by atomic mass is 35.5. The van der Waals surface area contributed by atoms with Crippen molar-refractivity contribution in [1.82, 2.24) is 4.57 Å². The van der Waals surface area contributed by atoms with Crippen molar-refractivity contribution in [3.63, 3.8) is 0 Å². The maximum atomic E-state index is 12.0. The highest BCUT2D eigenvalue weighted by molar-refractivity contribution is 6.35. The van der Waals surface area contributed by atoms with Gasteiger partial charge in [0.1, 0.15) is 0 Å². The molecule has 0 aliphatic carbocycles. The predicted molar refractivity (Wildman–Crippen MR) is 104 cm³/mol. The van der Waals surface area contributed by atoms with Gasteiger partial charge in [-0.15, -0.1) is 0 Å². The second kappa shape index (κ2) is 7.36. The number of ketones is 1. The van der Waals surface area contributed by atoms with Gasteiger partial charge in [0.15, 0.2) is 5.78 Å². The molecule has 0 unspecified atom stereocenters. The lowest BCUT2D eigenvalue weighted by Gasteiger charge is -2.10.